The molecule has 1 aromatic carbocycles. The number of carbonyl (C=O) groups excluding carboxylic acids is 1. The lowest BCUT2D eigenvalue weighted by atomic mass is 9.91. The fourth-order valence-corrected chi connectivity index (χ4v) is 2.10. The van der Waals surface area contributed by atoms with Gasteiger partial charge in [0, 0.05) is 24.7 Å². The van der Waals surface area contributed by atoms with Crippen molar-refractivity contribution in [3.63, 3.8) is 0 Å². The van der Waals surface area contributed by atoms with Crippen LogP contribution in [0.2, 0.25) is 0 Å². The fourth-order valence-electron chi connectivity index (χ4n) is 2.10. The SMILES string of the molecule is CC(=O)Nc1ccccc1C1(O)CCNC1. The molecule has 1 aliphatic rings. The Balaban J connectivity index is 2.35. The molecule has 0 radical (unpaired) electrons. The summed E-state index contributed by atoms with van der Waals surface area (Å²) in [5.41, 5.74) is 0.621. The van der Waals surface area contributed by atoms with Crippen LogP contribution in [-0.2, 0) is 10.4 Å². The minimum absolute atomic E-state index is 0.123. The molecular formula is C12H16N2O2. The molecule has 1 aromatic rings. The van der Waals surface area contributed by atoms with Crippen LogP contribution in [0.15, 0.2) is 24.3 Å². The number of carbonyl (C=O) groups is 1. The van der Waals surface area contributed by atoms with Crippen molar-refractivity contribution in [2.45, 2.75) is 18.9 Å². The molecule has 2 rings (SSSR count). The van der Waals surface area contributed by atoms with Gasteiger partial charge in [-0.1, -0.05) is 18.2 Å². The van der Waals surface area contributed by atoms with E-state index in [1.165, 1.54) is 6.92 Å². The van der Waals surface area contributed by atoms with Crippen molar-refractivity contribution in [3.05, 3.63) is 29.8 Å². The molecule has 3 N–H and O–H groups in total. The Kier molecular flexibility index (Phi) is 2.94. The summed E-state index contributed by atoms with van der Waals surface area (Å²) in [7, 11) is 0. The maximum atomic E-state index is 11.1. The van der Waals surface area contributed by atoms with E-state index >= 15 is 0 Å². The highest BCUT2D eigenvalue weighted by molar-refractivity contribution is 5.89. The highest BCUT2D eigenvalue weighted by Gasteiger charge is 2.34. The van der Waals surface area contributed by atoms with Crippen LogP contribution in [0, 0.1) is 0 Å². The Bertz CT molecular complexity index is 398. The summed E-state index contributed by atoms with van der Waals surface area (Å²) < 4.78 is 0. The molecule has 0 saturated carbocycles. The van der Waals surface area contributed by atoms with Gasteiger partial charge in [0.2, 0.25) is 5.91 Å². The van der Waals surface area contributed by atoms with Gasteiger partial charge in [0.05, 0.1) is 0 Å². The number of aliphatic hydroxyl groups is 1. The highest BCUT2D eigenvalue weighted by atomic mass is 16.3. The molecule has 4 nitrogen and oxygen atoms in total. The fraction of sp³-hybridized carbons (Fsp3) is 0.417. The third-order valence-electron chi connectivity index (χ3n) is 2.87. The topological polar surface area (TPSA) is 61.4 Å². The van der Waals surface area contributed by atoms with E-state index in [9.17, 15) is 9.90 Å². The number of rotatable bonds is 2. The van der Waals surface area contributed by atoms with Crippen LogP contribution >= 0.6 is 0 Å². The van der Waals surface area contributed by atoms with Gasteiger partial charge in [-0.2, -0.15) is 0 Å². The van der Waals surface area contributed by atoms with Gasteiger partial charge < -0.3 is 15.7 Å². The van der Waals surface area contributed by atoms with Gasteiger partial charge in [0.25, 0.3) is 0 Å². The number of benzene rings is 1. The molecule has 0 bridgehead atoms. The van der Waals surface area contributed by atoms with Crippen LogP contribution in [0.3, 0.4) is 0 Å². The zero-order valence-electron chi connectivity index (χ0n) is 9.29. The van der Waals surface area contributed by atoms with E-state index in [4.69, 9.17) is 0 Å². The lowest BCUT2D eigenvalue weighted by Crippen LogP contribution is -2.29. The van der Waals surface area contributed by atoms with Crippen LogP contribution in [0.1, 0.15) is 18.9 Å². The van der Waals surface area contributed by atoms with Crippen molar-refractivity contribution in [1.82, 2.24) is 5.32 Å². The zero-order valence-corrected chi connectivity index (χ0v) is 9.29. The normalized spacial score (nSPS) is 24.4. The van der Waals surface area contributed by atoms with Gasteiger partial charge in [0.1, 0.15) is 5.60 Å². The molecule has 0 spiro atoms. The van der Waals surface area contributed by atoms with Gasteiger partial charge in [-0.05, 0) is 19.0 Å². The summed E-state index contributed by atoms with van der Waals surface area (Å²) in [5.74, 6) is -0.123. The van der Waals surface area contributed by atoms with Gasteiger partial charge in [0.15, 0.2) is 0 Å². The number of hydrogen-bond acceptors (Lipinski definition) is 3. The minimum atomic E-state index is -0.862. The van der Waals surface area contributed by atoms with Crippen LogP contribution in [-0.4, -0.2) is 24.1 Å². The highest BCUT2D eigenvalue weighted by Crippen LogP contribution is 2.32. The maximum Gasteiger partial charge on any atom is 0.221 e. The maximum absolute atomic E-state index is 11.1. The Hall–Kier alpha value is -1.39. The quantitative estimate of drug-likeness (QED) is 0.691. The first-order chi connectivity index (χ1) is 7.62. The van der Waals surface area contributed by atoms with Gasteiger partial charge in [-0.25, -0.2) is 0 Å². The Morgan fingerprint density at radius 1 is 1.50 bits per heavy atom. The van der Waals surface area contributed by atoms with Gasteiger partial charge >= 0.3 is 0 Å². The largest absolute Gasteiger partial charge is 0.384 e. The van der Waals surface area contributed by atoms with Crippen molar-refractivity contribution in [1.29, 1.82) is 0 Å². The van der Waals surface area contributed by atoms with E-state index in [2.05, 4.69) is 10.6 Å². The van der Waals surface area contributed by atoms with E-state index in [1.807, 2.05) is 24.3 Å². The van der Waals surface area contributed by atoms with Crippen LogP contribution in [0.4, 0.5) is 5.69 Å². The molecular weight excluding hydrogens is 204 g/mol. The van der Waals surface area contributed by atoms with E-state index < -0.39 is 5.60 Å². The number of para-hydroxylation sites is 1. The number of hydrogen-bond donors (Lipinski definition) is 3. The van der Waals surface area contributed by atoms with Crippen molar-refractivity contribution in [2.24, 2.45) is 0 Å². The molecule has 16 heavy (non-hydrogen) atoms. The first-order valence-electron chi connectivity index (χ1n) is 5.42. The standard InChI is InChI=1S/C12H16N2O2/c1-9(15)14-11-5-3-2-4-10(11)12(16)6-7-13-8-12/h2-5,13,16H,6-8H2,1H3,(H,14,15). The zero-order chi connectivity index (χ0) is 11.6. The van der Waals surface area contributed by atoms with Crippen LogP contribution < -0.4 is 10.6 Å². The average Bonchev–Trinajstić information content (AvgIpc) is 2.66. The molecule has 1 saturated heterocycles. The Labute approximate surface area is 94.7 Å². The van der Waals surface area contributed by atoms with E-state index in [0.29, 0.717) is 18.7 Å². The molecule has 1 atom stereocenters. The summed E-state index contributed by atoms with van der Waals surface area (Å²) in [5, 5.41) is 16.3. The lowest BCUT2D eigenvalue weighted by Gasteiger charge is -2.24. The molecule has 4 heteroatoms. The molecule has 1 fully saturated rings. The Morgan fingerprint density at radius 2 is 2.25 bits per heavy atom. The number of nitrogens with one attached hydrogen (secondary N) is 2. The molecule has 86 valence electrons. The van der Waals surface area contributed by atoms with Crippen LogP contribution in [0.5, 0.6) is 0 Å². The second-order valence-corrected chi connectivity index (χ2v) is 4.19. The second-order valence-electron chi connectivity index (χ2n) is 4.19. The molecule has 1 aliphatic heterocycles. The summed E-state index contributed by atoms with van der Waals surface area (Å²) in [4.78, 5) is 11.1. The van der Waals surface area contributed by atoms with E-state index in [0.717, 1.165) is 12.1 Å². The van der Waals surface area contributed by atoms with Crippen molar-refractivity contribution < 1.29 is 9.90 Å². The predicted octanol–water partition coefficient (Wildman–Crippen LogP) is 0.826. The third-order valence-corrected chi connectivity index (χ3v) is 2.87. The predicted molar refractivity (Wildman–Crippen MR) is 62.1 cm³/mol. The van der Waals surface area contributed by atoms with Crippen molar-refractivity contribution >= 4 is 11.6 Å². The van der Waals surface area contributed by atoms with Crippen LogP contribution in [0.25, 0.3) is 0 Å². The molecule has 0 aliphatic carbocycles. The summed E-state index contributed by atoms with van der Waals surface area (Å²) >= 11 is 0. The van der Waals surface area contributed by atoms with Crippen molar-refractivity contribution in [2.75, 3.05) is 18.4 Å². The molecule has 1 amide bonds. The number of amides is 1. The lowest BCUT2D eigenvalue weighted by molar-refractivity contribution is -0.114. The minimum Gasteiger partial charge on any atom is -0.384 e. The summed E-state index contributed by atoms with van der Waals surface area (Å²) in [6.07, 6.45) is 0.670. The molecule has 1 unspecified atom stereocenters. The Morgan fingerprint density at radius 3 is 2.88 bits per heavy atom. The molecule has 0 aromatic heterocycles. The second kappa shape index (κ2) is 4.23. The van der Waals surface area contributed by atoms with E-state index in [1.54, 1.807) is 0 Å². The summed E-state index contributed by atoms with van der Waals surface area (Å²) in [6, 6.07) is 7.39. The summed E-state index contributed by atoms with van der Waals surface area (Å²) in [6.45, 7) is 2.79. The molecule has 1 heterocycles. The van der Waals surface area contributed by atoms with Crippen molar-refractivity contribution in [3.8, 4) is 0 Å². The van der Waals surface area contributed by atoms with Gasteiger partial charge in [-0.15, -0.1) is 0 Å². The number of β-amino-alcohol motifs (C(OH)–C–C–N with tert-alkyl or cyclic N) is 1. The number of anilines is 1. The third kappa shape index (κ3) is 2.08. The average molecular weight is 220 g/mol. The smallest absolute Gasteiger partial charge is 0.221 e. The van der Waals surface area contributed by atoms with Gasteiger partial charge in [-0.3, -0.25) is 4.79 Å². The van der Waals surface area contributed by atoms with E-state index in [-0.39, 0.29) is 5.91 Å². The first-order valence-corrected chi connectivity index (χ1v) is 5.42. The monoisotopic (exact) mass is 220 g/mol. The first kappa shape index (κ1) is 11.1.